The Bertz CT molecular complexity index is 949. The molecule has 0 bridgehead atoms. The average Bonchev–Trinajstić information content (AvgIpc) is 3.18. The summed E-state index contributed by atoms with van der Waals surface area (Å²) in [6, 6.07) is 14.6. The molecule has 4 rings (SSSR count). The van der Waals surface area contributed by atoms with Crippen LogP contribution in [-0.4, -0.2) is 42.2 Å². The summed E-state index contributed by atoms with van der Waals surface area (Å²) >= 11 is 0. The molecule has 0 aromatic heterocycles. The molecule has 180 valence electrons. The van der Waals surface area contributed by atoms with Crippen LogP contribution in [0, 0.1) is 5.92 Å². The number of nitrogens with one attached hydrogen (secondary N) is 2. The van der Waals surface area contributed by atoms with Gasteiger partial charge in [0.05, 0.1) is 18.8 Å². The molecule has 4 atom stereocenters. The topological polar surface area (TPSA) is 76.7 Å². The molecule has 1 saturated carbocycles. The van der Waals surface area contributed by atoms with E-state index < -0.39 is 0 Å². The van der Waals surface area contributed by atoms with E-state index in [4.69, 9.17) is 4.74 Å². The van der Waals surface area contributed by atoms with E-state index in [0.717, 1.165) is 25.8 Å². The summed E-state index contributed by atoms with van der Waals surface area (Å²) < 4.78 is 10.7. The van der Waals surface area contributed by atoms with Crippen molar-refractivity contribution in [3.63, 3.8) is 0 Å². The summed E-state index contributed by atoms with van der Waals surface area (Å²) in [5, 5.41) is 9.03. The van der Waals surface area contributed by atoms with Gasteiger partial charge in [0.25, 0.3) is 6.47 Å². The first kappa shape index (κ1) is 25.2. The van der Waals surface area contributed by atoms with Gasteiger partial charge >= 0.3 is 0 Å². The maximum atomic E-state index is 12.5. The van der Waals surface area contributed by atoms with Crippen LogP contribution in [0.15, 0.2) is 42.5 Å². The number of ether oxygens (including phenoxy) is 2. The fourth-order valence-corrected chi connectivity index (χ4v) is 4.37. The number of carbonyl (C=O) groups is 2. The van der Waals surface area contributed by atoms with Gasteiger partial charge in [-0.1, -0.05) is 55.8 Å². The second-order valence-electron chi connectivity index (χ2n) is 10.3. The number of hydrogen-bond donors (Lipinski definition) is 2. The largest absolute Gasteiger partial charge is 0.462 e. The van der Waals surface area contributed by atoms with Gasteiger partial charge in [0, 0.05) is 12.1 Å². The molecule has 2 aromatic carbocycles. The molecule has 2 aromatic rings. The van der Waals surface area contributed by atoms with E-state index in [2.05, 4.69) is 71.7 Å². The van der Waals surface area contributed by atoms with Crippen LogP contribution in [0.1, 0.15) is 59.4 Å². The van der Waals surface area contributed by atoms with E-state index in [9.17, 15) is 9.59 Å². The molecule has 1 aliphatic heterocycles. The number of benzene rings is 2. The number of amides is 1. The minimum absolute atomic E-state index is 0.00934. The third kappa shape index (κ3) is 7.02. The van der Waals surface area contributed by atoms with Crippen molar-refractivity contribution in [2.24, 2.45) is 5.92 Å². The molecule has 0 spiro atoms. The van der Waals surface area contributed by atoms with Gasteiger partial charge in [-0.3, -0.25) is 9.59 Å². The van der Waals surface area contributed by atoms with Gasteiger partial charge in [0.1, 0.15) is 5.60 Å². The lowest BCUT2D eigenvalue weighted by molar-refractivity contribution is -0.138. The smallest absolute Gasteiger partial charge is 0.293 e. The Morgan fingerprint density at radius 2 is 1.94 bits per heavy atom. The molecule has 33 heavy (non-hydrogen) atoms. The highest BCUT2D eigenvalue weighted by molar-refractivity contribution is 5.85. The van der Waals surface area contributed by atoms with E-state index in [1.165, 1.54) is 16.3 Å². The van der Waals surface area contributed by atoms with Gasteiger partial charge in [-0.25, -0.2) is 0 Å². The fraction of sp³-hybridized carbons (Fsp3) is 0.556. The lowest BCUT2D eigenvalue weighted by Crippen LogP contribution is -2.46. The first-order chi connectivity index (χ1) is 15.6. The van der Waals surface area contributed by atoms with Crippen LogP contribution in [-0.2, 0) is 25.7 Å². The van der Waals surface area contributed by atoms with Crippen molar-refractivity contribution >= 4 is 23.2 Å². The van der Waals surface area contributed by atoms with Crippen molar-refractivity contribution in [2.75, 3.05) is 6.54 Å². The molecule has 0 radical (unpaired) electrons. The second kappa shape index (κ2) is 10.7. The Hall–Kier alpha value is -2.44. The number of hydrogen-bond acceptors (Lipinski definition) is 5. The van der Waals surface area contributed by atoms with Gasteiger partial charge < -0.3 is 20.1 Å². The molecule has 2 unspecified atom stereocenters. The van der Waals surface area contributed by atoms with Crippen LogP contribution in [0.25, 0.3) is 10.8 Å². The van der Waals surface area contributed by atoms with Crippen LogP contribution in [0.5, 0.6) is 0 Å². The first-order valence-electron chi connectivity index (χ1n) is 11.9. The lowest BCUT2D eigenvalue weighted by atomic mass is 10.1. The summed E-state index contributed by atoms with van der Waals surface area (Å²) in [4.78, 5) is 22.1. The summed E-state index contributed by atoms with van der Waals surface area (Å²) in [5.41, 5.74) is 0.893. The van der Waals surface area contributed by atoms with Crippen molar-refractivity contribution < 1.29 is 19.1 Å². The Balaban J connectivity index is 0.000000383. The van der Waals surface area contributed by atoms with Crippen LogP contribution >= 0.6 is 0 Å². The third-order valence-electron chi connectivity index (χ3n) is 6.48. The van der Waals surface area contributed by atoms with Gasteiger partial charge in [0.15, 0.2) is 0 Å². The summed E-state index contributed by atoms with van der Waals surface area (Å²) in [5.74, 6) is 0.756. The first-order valence-corrected chi connectivity index (χ1v) is 11.9. The Morgan fingerprint density at radius 1 is 1.21 bits per heavy atom. The average molecular weight is 455 g/mol. The Morgan fingerprint density at radius 3 is 2.58 bits per heavy atom. The predicted octanol–water partition coefficient (Wildman–Crippen LogP) is 4.35. The Labute approximate surface area is 197 Å². The summed E-state index contributed by atoms with van der Waals surface area (Å²) in [6.45, 7) is 11.6. The molecule has 1 saturated heterocycles. The third-order valence-corrected chi connectivity index (χ3v) is 6.48. The minimum atomic E-state index is -0.318. The van der Waals surface area contributed by atoms with Gasteiger partial charge in [0.2, 0.25) is 5.91 Å². The van der Waals surface area contributed by atoms with Crippen molar-refractivity contribution in [1.82, 2.24) is 10.6 Å². The van der Waals surface area contributed by atoms with Crippen molar-refractivity contribution in [3.8, 4) is 0 Å². The Kier molecular flexibility index (Phi) is 8.14. The zero-order chi connectivity index (χ0) is 24.1. The normalized spacial score (nSPS) is 26.3. The van der Waals surface area contributed by atoms with Crippen molar-refractivity contribution in [3.05, 3.63) is 48.0 Å². The van der Waals surface area contributed by atoms with Gasteiger partial charge in [-0.15, -0.1) is 0 Å². The van der Waals surface area contributed by atoms with E-state index in [0.29, 0.717) is 19.0 Å². The highest BCUT2D eigenvalue weighted by atomic mass is 16.5. The lowest BCUT2D eigenvalue weighted by Gasteiger charge is -2.18. The quantitative estimate of drug-likeness (QED) is 0.609. The molecule has 6 nitrogen and oxygen atoms in total. The molecule has 1 heterocycles. The van der Waals surface area contributed by atoms with E-state index >= 15 is 0 Å². The standard InChI is InChI=1S/C22H28N2O2.C5H10O2/c1-3-17-12-22(17,2)24-21(25)20-11-18(13-23-20)26-14-16-9-6-8-15-7-4-5-10-19(15)16;1-5(2,3)7-4-6/h4-10,17-18,20,23H,3,11-14H2,1-2H3,(H,24,25);4H,1-3H3/t17?,18-,20?,22-;/m1./s1. The molecule has 1 aliphatic carbocycles. The van der Waals surface area contributed by atoms with Crippen LogP contribution in [0.4, 0.5) is 0 Å². The number of fused-ring (bicyclic) bond motifs is 1. The van der Waals surface area contributed by atoms with E-state index in [1.54, 1.807) is 0 Å². The molecule has 2 aliphatic rings. The second-order valence-corrected chi connectivity index (χ2v) is 10.3. The molecule has 6 heteroatoms. The fourth-order valence-electron chi connectivity index (χ4n) is 4.37. The van der Waals surface area contributed by atoms with Gasteiger partial charge in [-0.2, -0.15) is 0 Å². The molecule has 1 amide bonds. The zero-order valence-electron chi connectivity index (χ0n) is 20.5. The van der Waals surface area contributed by atoms with Crippen molar-refractivity contribution in [2.45, 2.75) is 83.8 Å². The van der Waals surface area contributed by atoms with Crippen molar-refractivity contribution in [1.29, 1.82) is 0 Å². The summed E-state index contributed by atoms with van der Waals surface area (Å²) in [7, 11) is 0. The maximum absolute atomic E-state index is 12.5. The highest BCUT2D eigenvalue weighted by Gasteiger charge is 2.50. The predicted molar refractivity (Wildman–Crippen MR) is 131 cm³/mol. The van der Waals surface area contributed by atoms with Crippen LogP contribution in [0.2, 0.25) is 0 Å². The molecule has 2 N–H and O–H groups in total. The van der Waals surface area contributed by atoms with Crippen LogP contribution in [0.3, 0.4) is 0 Å². The minimum Gasteiger partial charge on any atom is -0.462 e. The monoisotopic (exact) mass is 454 g/mol. The number of rotatable bonds is 7. The number of carbonyl (C=O) groups excluding carboxylic acids is 2. The van der Waals surface area contributed by atoms with Crippen LogP contribution < -0.4 is 10.6 Å². The molecule has 2 fully saturated rings. The molecular formula is C27H38N2O4. The summed E-state index contributed by atoms with van der Waals surface area (Å²) in [6.07, 6.45) is 3.05. The van der Waals surface area contributed by atoms with Gasteiger partial charge in [-0.05, 0) is 62.8 Å². The maximum Gasteiger partial charge on any atom is 0.293 e. The highest BCUT2D eigenvalue weighted by Crippen LogP contribution is 2.45. The zero-order valence-corrected chi connectivity index (χ0v) is 20.5. The van der Waals surface area contributed by atoms with E-state index in [1.807, 2.05) is 20.8 Å². The van der Waals surface area contributed by atoms with E-state index in [-0.39, 0.29) is 29.2 Å². The molecular weight excluding hydrogens is 416 g/mol. The SMILES string of the molecule is CC(C)(C)OC=O.CCC1C[C@@]1(C)NC(=O)C1C[C@@H](OCc2cccc3ccccc23)CN1.